The molecule has 0 spiro atoms. The van der Waals surface area contributed by atoms with Gasteiger partial charge >= 0.3 is 0 Å². The van der Waals surface area contributed by atoms with Gasteiger partial charge in [0.2, 0.25) is 5.88 Å². The topological polar surface area (TPSA) is 31.4 Å². The summed E-state index contributed by atoms with van der Waals surface area (Å²) in [6.07, 6.45) is -0.840. The smallest absolute Gasteiger partial charge is 0.280 e. The summed E-state index contributed by atoms with van der Waals surface area (Å²) in [6.45, 7) is 0. The first-order valence-corrected chi connectivity index (χ1v) is 5.31. The second kappa shape index (κ2) is 5.16. The van der Waals surface area contributed by atoms with E-state index < -0.39 is 6.43 Å². The monoisotopic (exact) mass is 235 g/mol. The quantitative estimate of drug-likeness (QED) is 0.751. The van der Waals surface area contributed by atoms with Crippen LogP contribution in [0.1, 0.15) is 12.1 Å². The first-order valence-electron chi connectivity index (χ1n) is 4.09. The van der Waals surface area contributed by atoms with E-state index in [2.05, 4.69) is 4.98 Å². The highest BCUT2D eigenvalue weighted by molar-refractivity contribution is 7.98. The molecule has 0 fully saturated rings. The van der Waals surface area contributed by atoms with Crippen molar-refractivity contribution in [3.63, 3.8) is 0 Å². The van der Waals surface area contributed by atoms with Crippen molar-refractivity contribution in [2.45, 2.75) is 11.3 Å². The lowest BCUT2D eigenvalue weighted by Crippen LogP contribution is -1.99. The number of ether oxygens (including phenoxy) is 2. The Balaban J connectivity index is 3.29. The van der Waals surface area contributed by atoms with Crippen LogP contribution in [-0.4, -0.2) is 25.5 Å². The third-order valence-corrected chi connectivity index (χ3v) is 2.55. The lowest BCUT2D eigenvalue weighted by molar-refractivity contribution is 0.144. The van der Waals surface area contributed by atoms with Crippen LogP contribution in [0.3, 0.4) is 0 Å². The predicted molar refractivity (Wildman–Crippen MR) is 54.1 cm³/mol. The number of pyridine rings is 1. The second-order valence-electron chi connectivity index (χ2n) is 2.59. The van der Waals surface area contributed by atoms with Gasteiger partial charge in [0.25, 0.3) is 6.43 Å². The molecule has 1 rings (SSSR count). The summed E-state index contributed by atoms with van der Waals surface area (Å²) in [5.41, 5.74) is -0.346. The van der Waals surface area contributed by atoms with Crippen LogP contribution in [0.5, 0.6) is 11.6 Å². The normalized spacial score (nSPS) is 10.5. The zero-order valence-corrected chi connectivity index (χ0v) is 9.40. The van der Waals surface area contributed by atoms with E-state index in [0.29, 0.717) is 10.6 Å². The van der Waals surface area contributed by atoms with Crippen LogP contribution >= 0.6 is 11.8 Å². The SMILES string of the molecule is COc1cc(C(F)F)nc(OC)c1SC. The van der Waals surface area contributed by atoms with E-state index in [0.717, 1.165) is 0 Å². The van der Waals surface area contributed by atoms with Crippen molar-refractivity contribution >= 4 is 11.8 Å². The molecular formula is C9H11F2NO2S. The van der Waals surface area contributed by atoms with Crippen LogP contribution in [0.15, 0.2) is 11.0 Å². The third-order valence-electron chi connectivity index (χ3n) is 1.77. The van der Waals surface area contributed by atoms with Crippen LogP contribution in [-0.2, 0) is 0 Å². The van der Waals surface area contributed by atoms with E-state index >= 15 is 0 Å². The maximum atomic E-state index is 12.5. The van der Waals surface area contributed by atoms with Gasteiger partial charge in [0, 0.05) is 6.07 Å². The summed E-state index contributed by atoms with van der Waals surface area (Å²) >= 11 is 1.33. The van der Waals surface area contributed by atoms with Crippen LogP contribution in [0.25, 0.3) is 0 Å². The number of hydrogen-bond donors (Lipinski definition) is 0. The van der Waals surface area contributed by atoms with E-state index in [1.165, 1.54) is 32.0 Å². The Kier molecular flexibility index (Phi) is 4.14. The fourth-order valence-corrected chi connectivity index (χ4v) is 1.74. The predicted octanol–water partition coefficient (Wildman–Crippen LogP) is 2.76. The molecule has 0 aliphatic carbocycles. The Morgan fingerprint density at radius 2 is 2.00 bits per heavy atom. The van der Waals surface area contributed by atoms with Gasteiger partial charge in [-0.2, -0.15) is 0 Å². The van der Waals surface area contributed by atoms with Crippen LogP contribution < -0.4 is 9.47 Å². The van der Waals surface area contributed by atoms with Crippen LogP contribution in [0.2, 0.25) is 0 Å². The number of methoxy groups -OCH3 is 2. The number of thioether (sulfide) groups is 1. The Morgan fingerprint density at radius 1 is 1.33 bits per heavy atom. The van der Waals surface area contributed by atoms with Gasteiger partial charge in [0.15, 0.2) is 0 Å². The van der Waals surface area contributed by atoms with E-state index in [9.17, 15) is 8.78 Å². The highest BCUT2D eigenvalue weighted by Gasteiger charge is 2.18. The van der Waals surface area contributed by atoms with Crippen LogP contribution in [0, 0.1) is 0 Å². The van der Waals surface area contributed by atoms with E-state index in [1.807, 2.05) is 0 Å². The minimum atomic E-state index is -2.64. The average molecular weight is 235 g/mol. The average Bonchev–Trinajstić information content (AvgIpc) is 2.26. The van der Waals surface area contributed by atoms with Crippen molar-refractivity contribution in [3.05, 3.63) is 11.8 Å². The summed E-state index contributed by atoms with van der Waals surface area (Å²) in [5.74, 6) is 0.516. The van der Waals surface area contributed by atoms with E-state index in [4.69, 9.17) is 9.47 Å². The lowest BCUT2D eigenvalue weighted by Gasteiger charge is -2.11. The van der Waals surface area contributed by atoms with Crippen molar-refractivity contribution in [2.24, 2.45) is 0 Å². The molecule has 1 aromatic heterocycles. The molecule has 0 bridgehead atoms. The first-order chi connectivity index (χ1) is 7.13. The number of hydrogen-bond acceptors (Lipinski definition) is 4. The van der Waals surface area contributed by atoms with Gasteiger partial charge in [-0.15, -0.1) is 11.8 Å². The summed E-state index contributed by atoms with van der Waals surface area (Å²) in [5, 5.41) is 0. The number of aromatic nitrogens is 1. The molecule has 0 unspecified atom stereocenters. The standard InChI is InChI=1S/C9H11F2NO2S/c1-13-6-4-5(8(10)11)12-9(14-2)7(6)15-3/h4,8H,1-3H3. The summed E-state index contributed by atoms with van der Waals surface area (Å²) in [7, 11) is 2.81. The molecule has 0 aliphatic rings. The van der Waals surface area contributed by atoms with E-state index in [1.54, 1.807) is 6.26 Å². The van der Waals surface area contributed by atoms with Crippen molar-refractivity contribution in [1.29, 1.82) is 0 Å². The summed E-state index contributed by atoms with van der Waals surface area (Å²) in [4.78, 5) is 4.31. The molecular weight excluding hydrogens is 224 g/mol. The fraction of sp³-hybridized carbons (Fsp3) is 0.444. The highest BCUT2D eigenvalue weighted by Crippen LogP contribution is 2.37. The molecule has 0 N–H and O–H groups in total. The Labute approximate surface area is 90.8 Å². The minimum Gasteiger partial charge on any atom is -0.495 e. The fourth-order valence-electron chi connectivity index (χ4n) is 1.10. The maximum Gasteiger partial charge on any atom is 0.280 e. The minimum absolute atomic E-state index is 0.164. The van der Waals surface area contributed by atoms with Gasteiger partial charge < -0.3 is 9.47 Å². The first kappa shape index (κ1) is 12.0. The Morgan fingerprint density at radius 3 is 2.40 bits per heavy atom. The van der Waals surface area contributed by atoms with Gasteiger partial charge in [-0.05, 0) is 6.26 Å². The van der Waals surface area contributed by atoms with Crippen molar-refractivity contribution in [2.75, 3.05) is 20.5 Å². The highest BCUT2D eigenvalue weighted by atomic mass is 32.2. The molecule has 1 aromatic rings. The van der Waals surface area contributed by atoms with E-state index in [-0.39, 0.29) is 11.6 Å². The van der Waals surface area contributed by atoms with Crippen LogP contribution in [0.4, 0.5) is 8.78 Å². The number of halogens is 2. The Bertz CT molecular complexity index is 322. The lowest BCUT2D eigenvalue weighted by atomic mass is 10.3. The largest absolute Gasteiger partial charge is 0.495 e. The van der Waals surface area contributed by atoms with Crippen molar-refractivity contribution in [1.82, 2.24) is 4.98 Å². The van der Waals surface area contributed by atoms with Crippen molar-refractivity contribution < 1.29 is 18.3 Å². The number of alkyl halides is 2. The zero-order valence-electron chi connectivity index (χ0n) is 8.58. The molecule has 0 atom stereocenters. The summed E-state index contributed by atoms with van der Waals surface area (Å²) < 4.78 is 34.8. The van der Waals surface area contributed by atoms with Gasteiger partial charge in [-0.25, -0.2) is 13.8 Å². The molecule has 0 aromatic carbocycles. The molecule has 15 heavy (non-hydrogen) atoms. The summed E-state index contributed by atoms with van der Waals surface area (Å²) in [6, 6.07) is 1.22. The van der Waals surface area contributed by atoms with Gasteiger partial charge in [-0.1, -0.05) is 0 Å². The molecule has 84 valence electrons. The molecule has 0 radical (unpaired) electrons. The van der Waals surface area contributed by atoms with Gasteiger partial charge in [-0.3, -0.25) is 0 Å². The molecule has 0 amide bonds. The maximum absolute atomic E-state index is 12.5. The molecule has 6 heteroatoms. The zero-order chi connectivity index (χ0) is 11.4. The molecule has 1 heterocycles. The number of rotatable bonds is 4. The number of nitrogens with zero attached hydrogens (tertiary/aromatic N) is 1. The second-order valence-corrected chi connectivity index (χ2v) is 3.41. The Hall–Kier alpha value is -1.04. The third kappa shape index (κ3) is 2.50. The van der Waals surface area contributed by atoms with Gasteiger partial charge in [0.1, 0.15) is 16.3 Å². The molecule has 0 saturated heterocycles. The molecule has 0 aliphatic heterocycles. The van der Waals surface area contributed by atoms with Crippen molar-refractivity contribution in [3.8, 4) is 11.6 Å². The molecule has 0 saturated carbocycles. The molecule has 3 nitrogen and oxygen atoms in total. The van der Waals surface area contributed by atoms with Gasteiger partial charge in [0.05, 0.1) is 14.2 Å².